The van der Waals surface area contributed by atoms with Crippen LogP contribution in [-0.2, 0) is 9.59 Å². The largest absolute Gasteiger partial charge is 0.481 e. The first kappa shape index (κ1) is 16.6. The molecule has 0 saturated heterocycles. The number of hydrogen-bond acceptors (Lipinski definition) is 4. The predicted octanol–water partition coefficient (Wildman–Crippen LogP) is 0.355. The lowest BCUT2D eigenvalue weighted by Gasteiger charge is -2.17. The third-order valence-electron chi connectivity index (χ3n) is 2.11. The van der Waals surface area contributed by atoms with Crippen LogP contribution < -0.4 is 10.6 Å². The molecule has 2 amide bonds. The van der Waals surface area contributed by atoms with Gasteiger partial charge in [-0.3, -0.25) is 4.79 Å². The van der Waals surface area contributed by atoms with Crippen LogP contribution in [0, 0.1) is 0 Å². The maximum Gasteiger partial charge on any atom is 0.326 e. The van der Waals surface area contributed by atoms with Crippen LogP contribution >= 0.6 is 11.8 Å². The normalized spacial score (nSPS) is 13.4. The van der Waals surface area contributed by atoms with E-state index in [1.54, 1.807) is 18.7 Å². The third kappa shape index (κ3) is 7.77. The Labute approximate surface area is 109 Å². The predicted molar refractivity (Wildman–Crippen MR) is 67.8 cm³/mol. The van der Waals surface area contributed by atoms with Gasteiger partial charge in [0.25, 0.3) is 0 Å². The summed E-state index contributed by atoms with van der Waals surface area (Å²) in [6, 6.07) is -2.19. The summed E-state index contributed by atoms with van der Waals surface area (Å²) in [6.07, 6.45) is 2.05. The monoisotopic (exact) mass is 278 g/mol. The minimum atomic E-state index is -1.42. The molecule has 4 N–H and O–H groups in total. The average molecular weight is 278 g/mol. The third-order valence-corrected chi connectivity index (χ3v) is 2.76. The molecule has 0 aromatic rings. The summed E-state index contributed by atoms with van der Waals surface area (Å²) in [4.78, 5) is 32.6. The van der Waals surface area contributed by atoms with E-state index in [1.807, 2.05) is 6.26 Å². The number of nitrogens with one attached hydrogen (secondary N) is 2. The number of aliphatic carboxylic acids is 2. The molecule has 1 unspecified atom stereocenters. The van der Waals surface area contributed by atoms with Crippen LogP contribution in [0.4, 0.5) is 4.79 Å². The Kier molecular flexibility index (Phi) is 7.93. The molecule has 0 rings (SSSR count). The van der Waals surface area contributed by atoms with Crippen molar-refractivity contribution in [1.29, 1.82) is 0 Å². The van der Waals surface area contributed by atoms with Gasteiger partial charge < -0.3 is 20.8 Å². The second-order valence-corrected chi connectivity index (χ2v) is 4.77. The van der Waals surface area contributed by atoms with Crippen molar-refractivity contribution in [1.82, 2.24) is 10.6 Å². The lowest BCUT2D eigenvalue weighted by Crippen LogP contribution is -2.49. The van der Waals surface area contributed by atoms with Gasteiger partial charge in [0.05, 0.1) is 6.42 Å². The number of carbonyl (C=O) groups excluding carboxylic acids is 1. The first-order valence-electron chi connectivity index (χ1n) is 5.37. The molecule has 0 saturated carbocycles. The van der Waals surface area contributed by atoms with Crippen molar-refractivity contribution in [2.45, 2.75) is 31.8 Å². The second-order valence-electron chi connectivity index (χ2n) is 3.79. The molecule has 0 heterocycles. The van der Waals surface area contributed by atoms with Crippen molar-refractivity contribution in [3.05, 3.63) is 0 Å². The number of amides is 2. The molecule has 0 aromatic heterocycles. The molecule has 104 valence electrons. The first-order chi connectivity index (χ1) is 8.36. The quantitative estimate of drug-likeness (QED) is 0.509. The summed E-state index contributed by atoms with van der Waals surface area (Å²) in [5, 5.41) is 21.9. The summed E-state index contributed by atoms with van der Waals surface area (Å²) in [7, 11) is 0. The van der Waals surface area contributed by atoms with Gasteiger partial charge in [0.2, 0.25) is 0 Å². The maximum atomic E-state index is 11.4. The van der Waals surface area contributed by atoms with Gasteiger partial charge in [0.1, 0.15) is 6.04 Å². The van der Waals surface area contributed by atoms with Crippen LogP contribution in [0.25, 0.3) is 0 Å². The number of carbonyl (C=O) groups is 3. The second kappa shape index (κ2) is 8.62. The summed E-state index contributed by atoms with van der Waals surface area (Å²) < 4.78 is 0. The molecule has 0 aliphatic heterocycles. The Hall–Kier alpha value is -1.44. The number of carboxylic acid groups (broad SMARTS) is 2. The van der Waals surface area contributed by atoms with Crippen LogP contribution in [0.5, 0.6) is 0 Å². The smallest absolute Gasteiger partial charge is 0.326 e. The van der Waals surface area contributed by atoms with Crippen molar-refractivity contribution in [2.24, 2.45) is 0 Å². The zero-order valence-electron chi connectivity index (χ0n) is 10.3. The highest BCUT2D eigenvalue weighted by molar-refractivity contribution is 7.98. The Morgan fingerprint density at radius 2 is 1.83 bits per heavy atom. The number of urea groups is 1. The van der Waals surface area contributed by atoms with Gasteiger partial charge in [-0.05, 0) is 25.4 Å². The van der Waals surface area contributed by atoms with Crippen molar-refractivity contribution in [3.63, 3.8) is 0 Å². The Morgan fingerprint density at radius 3 is 2.28 bits per heavy atom. The molecule has 0 bridgehead atoms. The fourth-order valence-corrected chi connectivity index (χ4v) is 1.75. The Morgan fingerprint density at radius 1 is 1.22 bits per heavy atom. The number of rotatable bonds is 8. The molecule has 0 spiro atoms. The fraction of sp³-hybridized carbons (Fsp3) is 0.700. The lowest BCUT2D eigenvalue weighted by molar-refractivity contribution is -0.145. The van der Waals surface area contributed by atoms with Gasteiger partial charge in [-0.1, -0.05) is 0 Å². The SMILES string of the molecule is CSCCC(C)NC(=O)N[C@H](CC(=O)O)C(=O)O. The van der Waals surface area contributed by atoms with E-state index in [-0.39, 0.29) is 6.04 Å². The first-order valence-corrected chi connectivity index (χ1v) is 6.76. The van der Waals surface area contributed by atoms with E-state index in [2.05, 4.69) is 10.6 Å². The highest BCUT2D eigenvalue weighted by Crippen LogP contribution is 2.00. The van der Waals surface area contributed by atoms with Gasteiger partial charge in [-0.25, -0.2) is 9.59 Å². The van der Waals surface area contributed by atoms with Crippen LogP contribution in [0.2, 0.25) is 0 Å². The van der Waals surface area contributed by atoms with Gasteiger partial charge in [0, 0.05) is 6.04 Å². The van der Waals surface area contributed by atoms with E-state index < -0.39 is 30.4 Å². The van der Waals surface area contributed by atoms with Crippen LogP contribution in [-0.4, -0.2) is 52.3 Å². The summed E-state index contributed by atoms with van der Waals surface area (Å²) in [5.41, 5.74) is 0. The Balaban J connectivity index is 4.17. The number of thioether (sulfide) groups is 1. The van der Waals surface area contributed by atoms with Crippen molar-refractivity contribution in [3.8, 4) is 0 Å². The van der Waals surface area contributed by atoms with E-state index in [0.717, 1.165) is 12.2 Å². The molecule has 0 fully saturated rings. The van der Waals surface area contributed by atoms with Gasteiger partial charge in [-0.15, -0.1) is 0 Å². The molecule has 8 heteroatoms. The van der Waals surface area contributed by atoms with Gasteiger partial charge in [0.15, 0.2) is 0 Å². The van der Waals surface area contributed by atoms with Crippen LogP contribution in [0.15, 0.2) is 0 Å². The van der Waals surface area contributed by atoms with E-state index in [0.29, 0.717) is 0 Å². The molecule has 2 atom stereocenters. The zero-order valence-corrected chi connectivity index (χ0v) is 11.1. The van der Waals surface area contributed by atoms with E-state index in [4.69, 9.17) is 10.2 Å². The maximum absolute atomic E-state index is 11.4. The molecular weight excluding hydrogens is 260 g/mol. The molecule has 0 aliphatic carbocycles. The molecule has 18 heavy (non-hydrogen) atoms. The summed E-state index contributed by atoms with van der Waals surface area (Å²) >= 11 is 1.64. The number of carboxylic acids is 2. The van der Waals surface area contributed by atoms with Crippen LogP contribution in [0.3, 0.4) is 0 Å². The van der Waals surface area contributed by atoms with Crippen LogP contribution in [0.1, 0.15) is 19.8 Å². The summed E-state index contributed by atoms with van der Waals surface area (Å²) in [6.45, 7) is 1.79. The number of hydrogen-bond donors (Lipinski definition) is 4. The fourth-order valence-electron chi connectivity index (χ4n) is 1.17. The highest BCUT2D eigenvalue weighted by Gasteiger charge is 2.23. The Bertz CT molecular complexity index is 311. The minimum absolute atomic E-state index is 0.100. The van der Waals surface area contributed by atoms with Crippen molar-refractivity contribution >= 4 is 29.7 Å². The highest BCUT2D eigenvalue weighted by atomic mass is 32.2. The van der Waals surface area contributed by atoms with E-state index in [9.17, 15) is 14.4 Å². The average Bonchev–Trinajstić information content (AvgIpc) is 2.24. The summed E-state index contributed by atoms with van der Waals surface area (Å²) in [5.74, 6) is -1.78. The van der Waals surface area contributed by atoms with E-state index in [1.165, 1.54) is 0 Å². The molecule has 7 nitrogen and oxygen atoms in total. The minimum Gasteiger partial charge on any atom is -0.481 e. The van der Waals surface area contributed by atoms with Gasteiger partial charge in [-0.2, -0.15) is 11.8 Å². The molecule has 0 radical (unpaired) electrons. The molecule has 0 aromatic carbocycles. The van der Waals surface area contributed by atoms with Crippen molar-refractivity contribution < 1.29 is 24.6 Å². The molecular formula is C10H18N2O5S. The van der Waals surface area contributed by atoms with E-state index >= 15 is 0 Å². The van der Waals surface area contributed by atoms with Gasteiger partial charge >= 0.3 is 18.0 Å². The standard InChI is InChI=1S/C10H18N2O5S/c1-6(3-4-18-2)11-10(17)12-7(9(15)16)5-8(13)14/h6-7H,3-5H2,1-2H3,(H,13,14)(H,15,16)(H2,11,12,17)/t6?,7-/m1/s1. The van der Waals surface area contributed by atoms with Crippen molar-refractivity contribution in [2.75, 3.05) is 12.0 Å². The lowest BCUT2D eigenvalue weighted by atomic mass is 10.2. The zero-order chi connectivity index (χ0) is 14.1. The topological polar surface area (TPSA) is 116 Å². The molecule has 0 aliphatic rings.